The molecule has 0 aliphatic heterocycles. The summed E-state index contributed by atoms with van der Waals surface area (Å²) in [6.07, 6.45) is -8.93. The van der Waals surface area contributed by atoms with Crippen molar-refractivity contribution in [3.8, 4) is 0 Å². The first kappa shape index (κ1) is 11.6. The van der Waals surface area contributed by atoms with Crippen molar-refractivity contribution in [2.75, 3.05) is 0 Å². The van der Waals surface area contributed by atoms with Crippen LogP contribution in [0, 0.1) is 5.82 Å². The Morgan fingerprint density at radius 1 is 1.27 bits per heavy atom. The lowest BCUT2D eigenvalue weighted by atomic mass is 10.1. The number of alkyl halides is 5. The van der Waals surface area contributed by atoms with E-state index in [1.165, 1.54) is 4.98 Å². The van der Waals surface area contributed by atoms with E-state index in [1.54, 1.807) is 0 Å². The van der Waals surface area contributed by atoms with E-state index in [9.17, 15) is 31.1 Å². The highest BCUT2D eigenvalue weighted by Gasteiger charge is 2.40. The Hall–Kier alpha value is -1.47. The monoisotopic (exact) mass is 231 g/mol. The van der Waals surface area contributed by atoms with E-state index in [4.69, 9.17) is 0 Å². The highest BCUT2D eigenvalue weighted by atomic mass is 19.4. The van der Waals surface area contributed by atoms with E-state index in [0.717, 1.165) is 0 Å². The second kappa shape index (κ2) is 3.59. The molecule has 0 aliphatic carbocycles. The topological polar surface area (TPSA) is 32.9 Å². The quantitative estimate of drug-likeness (QED) is 0.740. The van der Waals surface area contributed by atoms with Crippen molar-refractivity contribution in [1.29, 1.82) is 0 Å². The summed E-state index contributed by atoms with van der Waals surface area (Å²) >= 11 is 0. The summed E-state index contributed by atoms with van der Waals surface area (Å²) in [4.78, 5) is 12.1. The van der Waals surface area contributed by atoms with Crippen LogP contribution in [0.15, 0.2) is 11.0 Å². The van der Waals surface area contributed by atoms with Crippen molar-refractivity contribution in [2.45, 2.75) is 12.6 Å². The van der Waals surface area contributed by atoms with Gasteiger partial charge in [0.15, 0.2) is 5.82 Å². The summed E-state index contributed by atoms with van der Waals surface area (Å²) in [6.45, 7) is 0. The molecular formula is C7H3F6NO. The molecule has 15 heavy (non-hydrogen) atoms. The van der Waals surface area contributed by atoms with Gasteiger partial charge in [0, 0.05) is 6.20 Å². The van der Waals surface area contributed by atoms with Crippen molar-refractivity contribution in [3.63, 3.8) is 0 Å². The molecule has 0 aromatic carbocycles. The van der Waals surface area contributed by atoms with Gasteiger partial charge in [-0.25, -0.2) is 13.2 Å². The van der Waals surface area contributed by atoms with Crippen LogP contribution < -0.4 is 5.56 Å². The minimum Gasteiger partial charge on any atom is -0.326 e. The van der Waals surface area contributed by atoms with Gasteiger partial charge < -0.3 is 4.98 Å². The van der Waals surface area contributed by atoms with Crippen LogP contribution in [0.2, 0.25) is 0 Å². The van der Waals surface area contributed by atoms with Gasteiger partial charge in [0.25, 0.3) is 12.0 Å². The van der Waals surface area contributed by atoms with Crippen LogP contribution in [0.1, 0.15) is 17.6 Å². The number of halogens is 6. The molecule has 0 bridgehead atoms. The predicted octanol–water partition coefficient (Wildman–Crippen LogP) is 2.47. The Kier molecular flexibility index (Phi) is 2.78. The lowest BCUT2D eigenvalue weighted by Gasteiger charge is -2.11. The number of H-pyrrole nitrogens is 1. The number of rotatable bonds is 1. The average Bonchev–Trinajstić information content (AvgIpc) is 2.05. The molecule has 0 spiro atoms. The van der Waals surface area contributed by atoms with Gasteiger partial charge in [-0.2, -0.15) is 13.2 Å². The third-order valence-electron chi connectivity index (χ3n) is 1.58. The summed E-state index contributed by atoms with van der Waals surface area (Å²) in [7, 11) is 0. The standard InChI is InChI=1S/C7H3F6NO/c8-2-1-14-6(15)3(5(9)10)4(2)7(11,12)13/h1,5H,(H,14,15). The van der Waals surface area contributed by atoms with Gasteiger partial charge in [-0.05, 0) is 0 Å². The highest BCUT2D eigenvalue weighted by molar-refractivity contribution is 5.28. The van der Waals surface area contributed by atoms with E-state index >= 15 is 0 Å². The second-order valence-corrected chi connectivity index (χ2v) is 2.55. The molecule has 0 unspecified atom stereocenters. The maximum Gasteiger partial charge on any atom is 0.419 e. The molecule has 1 N–H and O–H groups in total. The molecule has 1 aromatic rings. The van der Waals surface area contributed by atoms with Crippen LogP contribution in [0.4, 0.5) is 26.3 Å². The first-order chi connectivity index (χ1) is 6.75. The first-order valence-corrected chi connectivity index (χ1v) is 3.51. The summed E-state index contributed by atoms with van der Waals surface area (Å²) in [5, 5.41) is 0. The molecule has 84 valence electrons. The molecule has 0 amide bonds. The molecule has 0 saturated carbocycles. The molecule has 0 saturated heterocycles. The zero-order valence-corrected chi connectivity index (χ0v) is 6.83. The lowest BCUT2D eigenvalue weighted by Crippen LogP contribution is -2.23. The molecule has 0 atom stereocenters. The number of hydrogen-bond donors (Lipinski definition) is 1. The summed E-state index contributed by atoms with van der Waals surface area (Å²) in [6, 6.07) is 0. The molecule has 0 aliphatic rings. The molecular weight excluding hydrogens is 228 g/mol. The van der Waals surface area contributed by atoms with E-state index in [2.05, 4.69) is 0 Å². The van der Waals surface area contributed by atoms with Crippen molar-refractivity contribution >= 4 is 0 Å². The van der Waals surface area contributed by atoms with Crippen molar-refractivity contribution in [3.05, 3.63) is 33.5 Å². The largest absolute Gasteiger partial charge is 0.419 e. The number of nitrogens with one attached hydrogen (secondary N) is 1. The second-order valence-electron chi connectivity index (χ2n) is 2.55. The number of pyridine rings is 1. The van der Waals surface area contributed by atoms with E-state index in [0.29, 0.717) is 0 Å². The van der Waals surface area contributed by atoms with Gasteiger partial charge >= 0.3 is 6.18 Å². The van der Waals surface area contributed by atoms with Gasteiger partial charge in [0.2, 0.25) is 0 Å². The molecule has 2 nitrogen and oxygen atoms in total. The van der Waals surface area contributed by atoms with E-state index in [1.807, 2.05) is 0 Å². The third-order valence-corrected chi connectivity index (χ3v) is 1.58. The summed E-state index contributed by atoms with van der Waals surface area (Å²) in [5.74, 6) is -1.93. The smallest absolute Gasteiger partial charge is 0.326 e. The Bertz CT molecular complexity index is 420. The SMILES string of the molecule is O=c1[nH]cc(F)c(C(F)(F)F)c1C(F)F. The van der Waals surface area contributed by atoms with Crippen LogP contribution in [0.3, 0.4) is 0 Å². The van der Waals surface area contributed by atoms with Gasteiger partial charge in [-0.3, -0.25) is 4.79 Å². The van der Waals surface area contributed by atoms with E-state index in [-0.39, 0.29) is 6.20 Å². The fourth-order valence-electron chi connectivity index (χ4n) is 1.02. The van der Waals surface area contributed by atoms with Gasteiger partial charge in [0.05, 0.1) is 5.56 Å². The van der Waals surface area contributed by atoms with Gasteiger partial charge in [-0.1, -0.05) is 0 Å². The Labute approximate surface area is 78.5 Å². The maximum absolute atomic E-state index is 12.7. The normalized spacial score (nSPS) is 12.2. The molecule has 1 aromatic heterocycles. The Morgan fingerprint density at radius 2 is 1.80 bits per heavy atom. The minimum atomic E-state index is -5.33. The summed E-state index contributed by atoms with van der Waals surface area (Å²) < 4.78 is 73.3. The third kappa shape index (κ3) is 2.13. The Balaban J connectivity index is 3.61. The summed E-state index contributed by atoms with van der Waals surface area (Å²) in [5.41, 5.74) is -5.78. The number of hydrogen-bond acceptors (Lipinski definition) is 1. The van der Waals surface area contributed by atoms with Crippen LogP contribution in [-0.2, 0) is 6.18 Å². The first-order valence-electron chi connectivity index (χ1n) is 3.51. The zero-order chi connectivity index (χ0) is 11.8. The fourth-order valence-corrected chi connectivity index (χ4v) is 1.02. The van der Waals surface area contributed by atoms with Crippen LogP contribution in [-0.4, -0.2) is 4.98 Å². The van der Waals surface area contributed by atoms with Crippen LogP contribution in [0.5, 0.6) is 0 Å². The average molecular weight is 231 g/mol. The lowest BCUT2D eigenvalue weighted by molar-refractivity contribution is -0.142. The van der Waals surface area contributed by atoms with E-state index < -0.39 is 35.1 Å². The minimum absolute atomic E-state index is 0.0943. The van der Waals surface area contributed by atoms with Crippen molar-refractivity contribution < 1.29 is 26.3 Å². The molecule has 8 heteroatoms. The molecule has 0 fully saturated rings. The number of aromatic nitrogens is 1. The van der Waals surface area contributed by atoms with Crippen LogP contribution in [0.25, 0.3) is 0 Å². The molecule has 0 radical (unpaired) electrons. The molecule has 1 rings (SSSR count). The zero-order valence-electron chi connectivity index (χ0n) is 6.83. The van der Waals surface area contributed by atoms with Crippen molar-refractivity contribution in [1.82, 2.24) is 4.98 Å². The number of aromatic amines is 1. The van der Waals surface area contributed by atoms with Crippen LogP contribution >= 0.6 is 0 Å². The van der Waals surface area contributed by atoms with Gasteiger partial charge in [-0.15, -0.1) is 0 Å². The van der Waals surface area contributed by atoms with Crippen molar-refractivity contribution in [2.24, 2.45) is 0 Å². The Morgan fingerprint density at radius 3 is 2.13 bits per heavy atom. The predicted molar refractivity (Wildman–Crippen MR) is 37.0 cm³/mol. The highest BCUT2D eigenvalue weighted by Crippen LogP contribution is 2.35. The van der Waals surface area contributed by atoms with Gasteiger partial charge in [0.1, 0.15) is 5.56 Å². The maximum atomic E-state index is 12.7. The fraction of sp³-hybridized carbons (Fsp3) is 0.286. The molecule has 1 heterocycles.